The van der Waals surface area contributed by atoms with Gasteiger partial charge < -0.3 is 4.42 Å². The molecule has 0 spiro atoms. The maximum Gasteiger partial charge on any atom is 0.419 e. The van der Waals surface area contributed by atoms with E-state index in [-0.39, 0.29) is 4.90 Å². The van der Waals surface area contributed by atoms with Crippen LogP contribution in [0, 0.1) is 13.8 Å². The zero-order valence-electron chi connectivity index (χ0n) is 14.6. The van der Waals surface area contributed by atoms with Crippen molar-refractivity contribution in [3.05, 3.63) is 44.3 Å². The minimum Gasteiger partial charge on any atom is -0.408 e. The molecule has 9 heteroatoms. The maximum absolute atomic E-state index is 13.0. The van der Waals surface area contributed by atoms with Crippen LogP contribution in [0.3, 0.4) is 0 Å². The van der Waals surface area contributed by atoms with Gasteiger partial charge in [-0.3, -0.25) is 4.57 Å². The summed E-state index contributed by atoms with van der Waals surface area (Å²) < 4.78 is 33.7. The van der Waals surface area contributed by atoms with Gasteiger partial charge in [0.1, 0.15) is 0 Å². The van der Waals surface area contributed by atoms with Gasteiger partial charge in [0.05, 0.1) is 27.2 Å². The number of aryl methyl sites for hydroxylation is 3. The van der Waals surface area contributed by atoms with Crippen LogP contribution in [0.4, 0.5) is 0 Å². The van der Waals surface area contributed by atoms with Crippen molar-refractivity contribution in [1.29, 1.82) is 0 Å². The predicted molar refractivity (Wildman–Crippen MR) is 96.4 cm³/mol. The largest absolute Gasteiger partial charge is 0.419 e. The first-order valence-corrected chi connectivity index (χ1v) is 9.90. The third kappa shape index (κ3) is 2.92. The molecule has 0 N–H and O–H groups in total. The Morgan fingerprint density at radius 1 is 1.32 bits per heavy atom. The molecule has 2 heterocycles. The average molecular weight is 381 g/mol. The third-order valence-electron chi connectivity index (χ3n) is 4.32. The van der Waals surface area contributed by atoms with Crippen LogP contribution in [-0.4, -0.2) is 29.3 Å². The number of hydrogen-bond acceptors (Lipinski definition) is 6. The summed E-state index contributed by atoms with van der Waals surface area (Å²) in [5.74, 6) is -0.528. The minimum atomic E-state index is -3.75. The lowest BCUT2D eigenvalue weighted by atomic mass is 10.2. The molecule has 3 rings (SSSR count). The molecule has 1 unspecified atom stereocenters. The topological polar surface area (TPSA) is 85.4 Å². The van der Waals surface area contributed by atoms with E-state index in [1.165, 1.54) is 41.2 Å². The molecular formula is C16H19N3O4S2. The molecule has 0 saturated heterocycles. The fourth-order valence-corrected chi connectivity index (χ4v) is 5.00. The Morgan fingerprint density at radius 3 is 2.60 bits per heavy atom. The maximum atomic E-state index is 13.0. The summed E-state index contributed by atoms with van der Waals surface area (Å²) in [6.45, 7) is 5.64. The number of aromatic nitrogens is 2. The van der Waals surface area contributed by atoms with Crippen LogP contribution in [0.2, 0.25) is 0 Å². The van der Waals surface area contributed by atoms with E-state index in [0.717, 1.165) is 15.6 Å². The number of thiazole rings is 1. The highest BCUT2D eigenvalue weighted by atomic mass is 32.2. The highest BCUT2D eigenvalue weighted by Crippen LogP contribution is 2.30. The molecule has 0 aliphatic carbocycles. The molecule has 3 aromatic rings. The number of fused-ring (bicyclic) bond motifs is 1. The molecule has 0 aliphatic heterocycles. The first-order valence-electron chi connectivity index (χ1n) is 7.64. The Balaban J connectivity index is 2.04. The second-order valence-corrected chi connectivity index (χ2v) is 9.33. The number of rotatable bonds is 4. The van der Waals surface area contributed by atoms with Crippen LogP contribution in [0.1, 0.15) is 28.5 Å². The van der Waals surface area contributed by atoms with Crippen molar-refractivity contribution in [2.45, 2.75) is 31.7 Å². The predicted octanol–water partition coefficient (Wildman–Crippen LogP) is 2.59. The zero-order chi connectivity index (χ0) is 18.5. The smallest absolute Gasteiger partial charge is 0.408 e. The lowest BCUT2D eigenvalue weighted by Gasteiger charge is -2.23. The van der Waals surface area contributed by atoms with E-state index < -0.39 is 21.8 Å². The van der Waals surface area contributed by atoms with E-state index in [1.54, 1.807) is 11.3 Å². The lowest BCUT2D eigenvalue weighted by molar-refractivity contribution is 0.392. The first-order chi connectivity index (χ1) is 11.6. The van der Waals surface area contributed by atoms with Crippen molar-refractivity contribution < 1.29 is 12.8 Å². The molecule has 0 aliphatic rings. The van der Waals surface area contributed by atoms with Gasteiger partial charge in [-0.1, -0.05) is 0 Å². The fourth-order valence-electron chi connectivity index (χ4n) is 2.75. The molecule has 0 fully saturated rings. The Bertz CT molecular complexity index is 1110. The molecule has 2 aromatic heterocycles. The van der Waals surface area contributed by atoms with Gasteiger partial charge in [-0.05, 0) is 39.0 Å². The quantitative estimate of drug-likeness (QED) is 0.693. The zero-order valence-corrected chi connectivity index (χ0v) is 16.2. The first kappa shape index (κ1) is 17.8. The van der Waals surface area contributed by atoms with Crippen LogP contribution < -0.4 is 5.76 Å². The van der Waals surface area contributed by atoms with Crippen molar-refractivity contribution in [2.75, 3.05) is 7.05 Å². The summed E-state index contributed by atoms with van der Waals surface area (Å²) in [4.78, 5) is 17.2. The summed E-state index contributed by atoms with van der Waals surface area (Å²) in [5, 5.41) is 0.903. The lowest BCUT2D eigenvalue weighted by Crippen LogP contribution is -2.30. The average Bonchev–Trinajstić information content (AvgIpc) is 3.04. The second-order valence-electron chi connectivity index (χ2n) is 5.93. The van der Waals surface area contributed by atoms with E-state index >= 15 is 0 Å². The summed E-state index contributed by atoms with van der Waals surface area (Å²) >= 11 is 1.54. The van der Waals surface area contributed by atoms with E-state index in [0.29, 0.717) is 11.1 Å². The van der Waals surface area contributed by atoms with Gasteiger partial charge >= 0.3 is 5.76 Å². The molecule has 0 radical (unpaired) electrons. The molecule has 1 atom stereocenters. The van der Waals surface area contributed by atoms with Gasteiger partial charge in [-0.2, -0.15) is 4.31 Å². The van der Waals surface area contributed by atoms with Crippen molar-refractivity contribution in [3.63, 3.8) is 0 Å². The van der Waals surface area contributed by atoms with Gasteiger partial charge in [0, 0.05) is 19.0 Å². The summed E-state index contributed by atoms with van der Waals surface area (Å²) in [7, 11) is -0.677. The van der Waals surface area contributed by atoms with Crippen molar-refractivity contribution in [2.24, 2.45) is 7.05 Å². The van der Waals surface area contributed by atoms with Crippen LogP contribution in [0.5, 0.6) is 0 Å². The summed E-state index contributed by atoms with van der Waals surface area (Å²) in [5.41, 5.74) is 1.55. The van der Waals surface area contributed by atoms with E-state index in [9.17, 15) is 13.2 Å². The fraction of sp³-hybridized carbons (Fsp3) is 0.375. The summed E-state index contributed by atoms with van der Waals surface area (Å²) in [6.07, 6.45) is 0. The Labute approximate surface area is 149 Å². The molecule has 7 nitrogen and oxygen atoms in total. The molecule has 0 amide bonds. The molecule has 25 heavy (non-hydrogen) atoms. The number of hydrogen-bond donors (Lipinski definition) is 0. The van der Waals surface area contributed by atoms with Gasteiger partial charge in [0.15, 0.2) is 5.58 Å². The SMILES string of the molecule is Cc1nc(C(C)N(C)S(=O)(=O)c2ccc3oc(=O)n(C)c3c2)c(C)s1. The number of oxazole rings is 1. The third-order valence-corrected chi connectivity index (χ3v) is 7.15. The standard InChI is InChI=1S/C16H19N3O4S2/c1-9(15-10(2)24-11(3)17-15)19(5)25(21,22)12-6-7-14-13(8-12)18(4)16(20)23-14/h6-9H,1-5H3. The number of nitrogens with zero attached hydrogens (tertiary/aromatic N) is 3. The van der Waals surface area contributed by atoms with E-state index in [1.807, 2.05) is 20.8 Å². The second kappa shape index (κ2) is 6.08. The number of sulfonamides is 1. The molecule has 0 saturated carbocycles. The van der Waals surface area contributed by atoms with Gasteiger partial charge in [-0.15, -0.1) is 11.3 Å². The Kier molecular flexibility index (Phi) is 4.34. The van der Waals surface area contributed by atoms with Crippen molar-refractivity contribution in [1.82, 2.24) is 13.9 Å². The van der Waals surface area contributed by atoms with Gasteiger partial charge in [0.25, 0.3) is 0 Å². The Morgan fingerprint density at radius 2 is 2.00 bits per heavy atom. The highest BCUT2D eigenvalue weighted by molar-refractivity contribution is 7.89. The van der Waals surface area contributed by atoms with Gasteiger partial charge in [-0.25, -0.2) is 18.2 Å². The van der Waals surface area contributed by atoms with E-state index in [2.05, 4.69) is 4.98 Å². The van der Waals surface area contributed by atoms with Crippen molar-refractivity contribution in [3.8, 4) is 0 Å². The Hall–Kier alpha value is -1.97. The van der Waals surface area contributed by atoms with Crippen LogP contribution >= 0.6 is 11.3 Å². The number of benzene rings is 1. The molecule has 134 valence electrons. The van der Waals surface area contributed by atoms with Crippen molar-refractivity contribution >= 4 is 32.5 Å². The monoisotopic (exact) mass is 381 g/mol. The molecule has 0 bridgehead atoms. The molecular weight excluding hydrogens is 362 g/mol. The van der Waals surface area contributed by atoms with Crippen LogP contribution in [0.15, 0.2) is 32.3 Å². The van der Waals surface area contributed by atoms with Gasteiger partial charge in [0.2, 0.25) is 10.0 Å². The van der Waals surface area contributed by atoms with E-state index in [4.69, 9.17) is 4.42 Å². The summed E-state index contributed by atoms with van der Waals surface area (Å²) in [6, 6.07) is 4.00. The normalized spacial score (nSPS) is 13.7. The van der Waals surface area contributed by atoms with Crippen LogP contribution in [-0.2, 0) is 17.1 Å². The minimum absolute atomic E-state index is 0.107. The highest BCUT2D eigenvalue weighted by Gasteiger charge is 2.29. The van der Waals surface area contributed by atoms with Crippen LogP contribution in [0.25, 0.3) is 11.1 Å². The molecule has 1 aromatic carbocycles.